The minimum atomic E-state index is -0.680. The molecule has 2 amide bonds. The van der Waals surface area contributed by atoms with Gasteiger partial charge in [-0.1, -0.05) is 30.3 Å². The minimum Gasteiger partial charge on any atom is -0.447 e. The maximum Gasteiger partial charge on any atom is 0.410 e. The quantitative estimate of drug-likeness (QED) is 0.395. The molecule has 2 aliphatic rings. The topological polar surface area (TPSA) is 113 Å². The second kappa shape index (κ2) is 14.5. The summed E-state index contributed by atoms with van der Waals surface area (Å²) in [5, 5.41) is 3.72. The SMILES string of the molecule is C=CN(C)/C(=C\N)C(NC(=O)COC(C)(C)C)C1=Cc2cccnc2C(N2CCN(C(=O)OC(C)C)CC2)c2ccc(Cl)cc21. The first-order valence-electron chi connectivity index (χ1n) is 15.2. The number of nitrogens with two attached hydrogens (primary N) is 1. The first-order valence-corrected chi connectivity index (χ1v) is 15.6. The summed E-state index contributed by atoms with van der Waals surface area (Å²) in [6.45, 7) is 15.5. The Kier molecular flexibility index (Phi) is 11.0. The molecule has 4 rings (SSSR count). The van der Waals surface area contributed by atoms with Crippen LogP contribution in [0.4, 0.5) is 4.79 Å². The normalized spacial score (nSPS) is 17.9. The zero-order valence-corrected chi connectivity index (χ0v) is 27.8. The van der Waals surface area contributed by atoms with E-state index in [0.29, 0.717) is 36.9 Å². The molecule has 11 heteroatoms. The molecule has 2 unspecified atom stereocenters. The fourth-order valence-electron chi connectivity index (χ4n) is 5.56. The fourth-order valence-corrected chi connectivity index (χ4v) is 5.73. The van der Waals surface area contributed by atoms with E-state index in [4.69, 9.17) is 31.8 Å². The number of piperazine rings is 1. The number of nitrogens with zero attached hydrogens (tertiary/aromatic N) is 4. The monoisotopic (exact) mass is 636 g/mol. The van der Waals surface area contributed by atoms with E-state index in [9.17, 15) is 9.59 Å². The number of nitrogens with one attached hydrogen (secondary N) is 1. The van der Waals surface area contributed by atoms with Crippen LogP contribution in [0, 0.1) is 0 Å². The lowest BCUT2D eigenvalue weighted by molar-refractivity contribution is -0.130. The number of rotatable bonds is 9. The third-order valence-corrected chi connectivity index (χ3v) is 7.97. The maximum atomic E-state index is 13.4. The number of fused-ring (bicyclic) bond motifs is 2. The summed E-state index contributed by atoms with van der Waals surface area (Å²) >= 11 is 6.66. The van der Waals surface area contributed by atoms with Crippen LogP contribution >= 0.6 is 11.6 Å². The van der Waals surface area contributed by atoms with Gasteiger partial charge in [-0.15, -0.1) is 0 Å². The Bertz CT molecular complexity index is 1460. The van der Waals surface area contributed by atoms with Crippen LogP contribution in [-0.2, 0) is 14.3 Å². The minimum absolute atomic E-state index is 0.129. The lowest BCUT2D eigenvalue weighted by atomic mass is 9.89. The van der Waals surface area contributed by atoms with Crippen LogP contribution in [0.25, 0.3) is 11.6 Å². The van der Waals surface area contributed by atoms with Crippen molar-refractivity contribution in [2.75, 3.05) is 39.8 Å². The highest BCUT2D eigenvalue weighted by Gasteiger charge is 2.36. The van der Waals surface area contributed by atoms with E-state index in [-0.39, 0.29) is 30.8 Å². The largest absolute Gasteiger partial charge is 0.447 e. The Hall–Kier alpha value is -3.86. The number of hydrogen-bond donors (Lipinski definition) is 2. The molecule has 1 aromatic carbocycles. The zero-order chi connectivity index (χ0) is 32.9. The zero-order valence-electron chi connectivity index (χ0n) is 27.0. The number of hydrogen-bond acceptors (Lipinski definition) is 8. The Morgan fingerprint density at radius 2 is 1.93 bits per heavy atom. The summed E-state index contributed by atoms with van der Waals surface area (Å²) in [7, 11) is 1.83. The summed E-state index contributed by atoms with van der Waals surface area (Å²) in [5.41, 5.74) is 10.7. The first-order chi connectivity index (χ1) is 21.3. The van der Waals surface area contributed by atoms with Gasteiger partial charge in [-0.2, -0.15) is 0 Å². The molecule has 3 N–H and O–H groups in total. The van der Waals surface area contributed by atoms with Crippen molar-refractivity contribution < 1.29 is 19.1 Å². The van der Waals surface area contributed by atoms with Gasteiger partial charge in [0.05, 0.1) is 35.2 Å². The summed E-state index contributed by atoms with van der Waals surface area (Å²) in [6.07, 6.45) is 6.46. The van der Waals surface area contributed by atoms with Crippen LogP contribution in [0.2, 0.25) is 5.02 Å². The van der Waals surface area contributed by atoms with Crippen LogP contribution in [0.1, 0.15) is 63.0 Å². The second-order valence-corrected chi connectivity index (χ2v) is 12.9. The third kappa shape index (κ3) is 8.25. The Balaban J connectivity index is 1.81. The molecule has 0 bridgehead atoms. The van der Waals surface area contributed by atoms with Crippen molar-refractivity contribution in [2.24, 2.45) is 5.73 Å². The van der Waals surface area contributed by atoms with E-state index < -0.39 is 11.6 Å². The molecule has 2 atom stereocenters. The van der Waals surface area contributed by atoms with E-state index in [1.807, 2.05) is 78.1 Å². The molecular formula is C34H45ClN6O4. The Morgan fingerprint density at radius 3 is 2.56 bits per heavy atom. The number of pyridine rings is 1. The maximum absolute atomic E-state index is 13.4. The molecule has 2 heterocycles. The molecule has 10 nitrogen and oxygen atoms in total. The molecule has 1 saturated heterocycles. The van der Waals surface area contributed by atoms with Gasteiger partial charge in [-0.05, 0) is 87.4 Å². The van der Waals surface area contributed by atoms with Crippen molar-refractivity contribution in [1.82, 2.24) is 25.0 Å². The molecule has 2 aromatic rings. The Morgan fingerprint density at radius 1 is 1.22 bits per heavy atom. The number of aromatic nitrogens is 1. The smallest absolute Gasteiger partial charge is 0.410 e. The number of amides is 2. The van der Waals surface area contributed by atoms with Crippen molar-refractivity contribution >= 4 is 35.3 Å². The van der Waals surface area contributed by atoms with Crippen molar-refractivity contribution in [3.05, 3.63) is 88.6 Å². The van der Waals surface area contributed by atoms with Crippen molar-refractivity contribution in [2.45, 2.75) is 58.4 Å². The van der Waals surface area contributed by atoms with Gasteiger partial charge in [0.25, 0.3) is 0 Å². The molecule has 0 saturated carbocycles. The molecule has 45 heavy (non-hydrogen) atoms. The van der Waals surface area contributed by atoms with Gasteiger partial charge in [0, 0.05) is 50.6 Å². The first kappa shape index (κ1) is 34.0. The predicted molar refractivity (Wildman–Crippen MR) is 178 cm³/mol. The van der Waals surface area contributed by atoms with Crippen molar-refractivity contribution in [3.63, 3.8) is 0 Å². The van der Waals surface area contributed by atoms with Crippen molar-refractivity contribution in [1.29, 1.82) is 0 Å². The summed E-state index contributed by atoms with van der Waals surface area (Å²) in [5.74, 6) is -0.298. The van der Waals surface area contributed by atoms with E-state index in [0.717, 1.165) is 28.0 Å². The molecule has 1 fully saturated rings. The average molecular weight is 637 g/mol. The summed E-state index contributed by atoms with van der Waals surface area (Å²) in [6, 6.07) is 8.80. The number of carbonyl (C=O) groups is 2. The standard InChI is InChI=1S/C34H45ClN6O4/c1-8-39(7)28(20-36)31(38-29(42)21-44-34(4,5)6)27-18-23-10-9-13-37-30(23)32(25-12-11-24(35)19-26(25)27)40-14-16-41(17-15-40)33(43)45-22(2)3/h8-13,18-20,22,31-32H,1,14-17,21,36H2,2-7H3,(H,38,42)/b28-20-. The number of likely N-dealkylation sites (N-methyl/N-ethyl adjacent to an activating group) is 1. The third-order valence-electron chi connectivity index (χ3n) is 7.74. The Labute approximate surface area is 271 Å². The molecule has 1 aliphatic carbocycles. The highest BCUT2D eigenvalue weighted by atomic mass is 35.5. The van der Waals surface area contributed by atoms with Gasteiger partial charge in [-0.25, -0.2) is 4.79 Å². The van der Waals surface area contributed by atoms with E-state index >= 15 is 0 Å². The van der Waals surface area contributed by atoms with Crippen LogP contribution in [0.5, 0.6) is 0 Å². The molecule has 1 aromatic heterocycles. The van der Waals surface area contributed by atoms with E-state index in [2.05, 4.69) is 16.8 Å². The van der Waals surface area contributed by atoms with E-state index in [1.165, 1.54) is 6.20 Å². The van der Waals surface area contributed by atoms with Crippen LogP contribution in [0.15, 0.2) is 61.2 Å². The summed E-state index contributed by atoms with van der Waals surface area (Å²) < 4.78 is 11.3. The van der Waals surface area contributed by atoms with Gasteiger partial charge >= 0.3 is 6.09 Å². The lowest BCUT2D eigenvalue weighted by Gasteiger charge is -2.39. The summed E-state index contributed by atoms with van der Waals surface area (Å²) in [4.78, 5) is 36.8. The van der Waals surface area contributed by atoms with Crippen LogP contribution < -0.4 is 11.1 Å². The molecule has 0 spiro atoms. The molecule has 242 valence electrons. The van der Waals surface area contributed by atoms with Gasteiger partial charge in [0.15, 0.2) is 0 Å². The highest BCUT2D eigenvalue weighted by Crippen LogP contribution is 2.42. The number of carbonyl (C=O) groups excluding carboxylic acids is 2. The number of ether oxygens (including phenoxy) is 2. The van der Waals surface area contributed by atoms with Gasteiger partial charge in [0.2, 0.25) is 5.91 Å². The fraction of sp³-hybridized carbons (Fsp3) is 0.441. The number of halogens is 1. The number of benzene rings is 1. The highest BCUT2D eigenvalue weighted by molar-refractivity contribution is 6.30. The van der Waals surface area contributed by atoms with Gasteiger partial charge in [-0.3, -0.25) is 14.7 Å². The van der Waals surface area contributed by atoms with Crippen LogP contribution in [0.3, 0.4) is 0 Å². The predicted octanol–water partition coefficient (Wildman–Crippen LogP) is 5.02. The molecule has 0 radical (unpaired) electrons. The second-order valence-electron chi connectivity index (χ2n) is 12.5. The van der Waals surface area contributed by atoms with Crippen LogP contribution in [-0.4, -0.2) is 89.3 Å². The van der Waals surface area contributed by atoms with Crippen molar-refractivity contribution in [3.8, 4) is 0 Å². The average Bonchev–Trinajstić information content (AvgIpc) is 3.13. The van der Waals surface area contributed by atoms with Gasteiger partial charge < -0.3 is 30.3 Å². The lowest BCUT2D eigenvalue weighted by Crippen LogP contribution is -2.50. The van der Waals surface area contributed by atoms with E-state index in [1.54, 1.807) is 22.2 Å². The molecule has 1 aliphatic heterocycles. The van der Waals surface area contributed by atoms with Gasteiger partial charge in [0.1, 0.15) is 6.61 Å². The molecular weight excluding hydrogens is 592 g/mol.